The van der Waals surface area contributed by atoms with Crippen molar-refractivity contribution in [2.24, 2.45) is 0 Å². The lowest BCUT2D eigenvalue weighted by molar-refractivity contribution is -0.138. The Kier molecular flexibility index (Phi) is 4.75. The van der Waals surface area contributed by atoms with Crippen molar-refractivity contribution in [3.63, 3.8) is 0 Å². The molecule has 3 heterocycles. The zero-order valence-electron chi connectivity index (χ0n) is 13.1. The fourth-order valence-electron chi connectivity index (χ4n) is 2.80. The highest BCUT2D eigenvalue weighted by Gasteiger charge is 2.37. The fraction of sp³-hybridized carbons (Fsp3) is 0.235. The minimum atomic E-state index is -0.113. The number of hydrogen-bond donors (Lipinski definition) is 0. The van der Waals surface area contributed by atoms with Crippen molar-refractivity contribution >= 4 is 62.8 Å². The molecule has 2 aliphatic rings. The molecule has 25 heavy (non-hydrogen) atoms. The molecule has 0 aliphatic carbocycles. The molecule has 128 valence electrons. The van der Waals surface area contributed by atoms with Gasteiger partial charge in [0.2, 0.25) is 0 Å². The van der Waals surface area contributed by atoms with Gasteiger partial charge in [0.1, 0.15) is 0 Å². The fourth-order valence-corrected chi connectivity index (χ4v) is 4.32. The number of pyridine rings is 1. The number of aromatic nitrogens is 1. The molecule has 0 saturated carbocycles. The van der Waals surface area contributed by atoms with E-state index in [1.54, 1.807) is 17.2 Å². The van der Waals surface area contributed by atoms with Gasteiger partial charge in [-0.15, -0.1) is 0 Å². The summed E-state index contributed by atoms with van der Waals surface area (Å²) in [5.41, 5.74) is 1.41. The zero-order valence-corrected chi connectivity index (χ0v) is 15.5. The highest BCUT2D eigenvalue weighted by atomic mass is 35.5. The number of benzene rings is 1. The molecule has 1 amide bonds. The predicted molar refractivity (Wildman–Crippen MR) is 104 cm³/mol. The molecule has 4 rings (SSSR count). The highest BCUT2D eigenvalue weighted by molar-refractivity contribution is 8.26. The van der Waals surface area contributed by atoms with E-state index >= 15 is 0 Å². The third-order valence-electron chi connectivity index (χ3n) is 4.02. The number of thiocarbonyl (C=S) groups is 1. The maximum atomic E-state index is 12.8. The molecule has 1 aromatic carbocycles. The third-order valence-corrected chi connectivity index (χ3v) is 5.60. The molecule has 5 nitrogen and oxygen atoms in total. The van der Waals surface area contributed by atoms with Crippen LogP contribution in [-0.2, 0) is 9.53 Å². The minimum Gasteiger partial charge on any atom is -0.379 e. The number of carbonyl (C=O) groups excluding carboxylic acids is 1. The number of morpholine rings is 1. The lowest BCUT2D eigenvalue weighted by atomic mass is 10.2. The normalized spacial score (nSPS) is 20.8. The second kappa shape index (κ2) is 7.01. The van der Waals surface area contributed by atoms with E-state index in [2.05, 4.69) is 4.98 Å². The Hall–Kier alpha value is -1.51. The van der Waals surface area contributed by atoms with Crippen LogP contribution in [0.1, 0.15) is 5.69 Å². The molecule has 1 aromatic heterocycles. The van der Waals surface area contributed by atoms with Gasteiger partial charge < -0.3 is 4.74 Å². The maximum absolute atomic E-state index is 12.8. The number of halogens is 1. The van der Waals surface area contributed by atoms with Crippen LogP contribution in [0.3, 0.4) is 0 Å². The number of hydrogen-bond acceptors (Lipinski definition) is 6. The van der Waals surface area contributed by atoms with Crippen molar-refractivity contribution in [1.82, 2.24) is 15.0 Å². The van der Waals surface area contributed by atoms with Crippen molar-refractivity contribution in [3.05, 3.63) is 46.0 Å². The summed E-state index contributed by atoms with van der Waals surface area (Å²) >= 11 is 12.9. The maximum Gasteiger partial charge on any atom is 0.281 e. The average molecular weight is 392 g/mol. The number of nitrogens with zero attached hydrogens (tertiary/aromatic N) is 3. The lowest BCUT2D eigenvalue weighted by Crippen LogP contribution is -2.50. The van der Waals surface area contributed by atoms with Crippen LogP contribution in [0.4, 0.5) is 0 Å². The summed E-state index contributed by atoms with van der Waals surface area (Å²) in [6.45, 7) is 2.51. The van der Waals surface area contributed by atoms with Crippen molar-refractivity contribution in [2.45, 2.75) is 0 Å². The Balaban J connectivity index is 1.64. The van der Waals surface area contributed by atoms with Crippen LogP contribution in [0.5, 0.6) is 0 Å². The van der Waals surface area contributed by atoms with Crippen LogP contribution in [-0.4, -0.2) is 51.5 Å². The van der Waals surface area contributed by atoms with Gasteiger partial charge >= 0.3 is 0 Å². The van der Waals surface area contributed by atoms with Crippen molar-refractivity contribution in [3.8, 4) is 0 Å². The highest BCUT2D eigenvalue weighted by Crippen LogP contribution is 2.34. The van der Waals surface area contributed by atoms with Gasteiger partial charge in [0.15, 0.2) is 4.32 Å². The Morgan fingerprint density at radius 1 is 1.24 bits per heavy atom. The number of rotatable bonds is 2. The minimum absolute atomic E-state index is 0.113. The van der Waals surface area contributed by atoms with Gasteiger partial charge in [-0.05, 0) is 18.2 Å². The number of carbonyl (C=O) groups is 1. The van der Waals surface area contributed by atoms with E-state index in [0.717, 1.165) is 10.9 Å². The molecule has 0 spiro atoms. The Morgan fingerprint density at radius 3 is 2.84 bits per heavy atom. The molecule has 0 unspecified atom stereocenters. The molecule has 2 fully saturated rings. The summed E-state index contributed by atoms with van der Waals surface area (Å²) in [5.74, 6) is -0.113. The zero-order chi connectivity index (χ0) is 17.4. The summed E-state index contributed by atoms with van der Waals surface area (Å²) in [6.07, 6.45) is 1.77. The summed E-state index contributed by atoms with van der Waals surface area (Å²) in [5, 5.41) is 5.06. The lowest BCUT2D eigenvalue weighted by Gasteiger charge is -2.33. The summed E-state index contributed by atoms with van der Waals surface area (Å²) in [7, 11) is 0. The summed E-state index contributed by atoms with van der Waals surface area (Å²) in [6, 6.07) is 9.47. The molecule has 0 N–H and O–H groups in total. The molecule has 2 aromatic rings. The summed E-state index contributed by atoms with van der Waals surface area (Å²) in [4.78, 5) is 17.9. The van der Waals surface area contributed by atoms with Crippen LogP contribution >= 0.6 is 35.6 Å². The first kappa shape index (κ1) is 16.9. The van der Waals surface area contributed by atoms with Crippen LogP contribution in [0.25, 0.3) is 17.0 Å². The number of ether oxygens (including phenoxy) is 1. The molecule has 2 saturated heterocycles. The quantitative estimate of drug-likeness (QED) is 0.578. The van der Waals surface area contributed by atoms with Gasteiger partial charge in [-0.3, -0.25) is 4.79 Å². The smallest absolute Gasteiger partial charge is 0.281 e. The molecule has 0 bridgehead atoms. The van der Waals surface area contributed by atoms with Crippen LogP contribution < -0.4 is 0 Å². The van der Waals surface area contributed by atoms with Crippen molar-refractivity contribution < 1.29 is 9.53 Å². The molecular formula is C17H14ClN3O2S2. The van der Waals surface area contributed by atoms with E-state index in [0.29, 0.717) is 46.2 Å². The second-order valence-corrected chi connectivity index (χ2v) is 7.69. The van der Waals surface area contributed by atoms with E-state index in [9.17, 15) is 4.79 Å². The van der Waals surface area contributed by atoms with Gasteiger partial charge in [-0.2, -0.15) is 0 Å². The molecule has 2 aliphatic heterocycles. The SMILES string of the molecule is O=C1/C(=C\c2ccc3cccc(Cl)c3n2)SC(=S)N1N1CCOCC1. The number of hydrazine groups is 1. The molecule has 0 radical (unpaired) electrons. The Morgan fingerprint density at radius 2 is 2.04 bits per heavy atom. The van der Waals surface area contributed by atoms with Gasteiger partial charge in [0.05, 0.1) is 34.4 Å². The van der Waals surface area contributed by atoms with Crippen LogP contribution in [0, 0.1) is 0 Å². The molecular weight excluding hydrogens is 378 g/mol. The topological polar surface area (TPSA) is 45.7 Å². The van der Waals surface area contributed by atoms with Gasteiger partial charge in [-0.25, -0.2) is 15.0 Å². The Labute approximate surface area is 159 Å². The summed E-state index contributed by atoms with van der Waals surface area (Å²) < 4.78 is 5.88. The van der Waals surface area contributed by atoms with Gasteiger partial charge in [-0.1, -0.05) is 53.8 Å². The van der Waals surface area contributed by atoms with Gasteiger partial charge in [0, 0.05) is 18.5 Å². The number of thioether (sulfide) groups is 1. The van der Waals surface area contributed by atoms with Gasteiger partial charge in [0.25, 0.3) is 5.91 Å². The first-order valence-electron chi connectivity index (χ1n) is 7.79. The van der Waals surface area contributed by atoms with Crippen molar-refractivity contribution in [2.75, 3.05) is 26.3 Å². The van der Waals surface area contributed by atoms with E-state index in [-0.39, 0.29) is 5.91 Å². The monoisotopic (exact) mass is 391 g/mol. The number of amides is 1. The number of fused-ring (bicyclic) bond motifs is 1. The van der Waals surface area contributed by atoms with E-state index in [1.165, 1.54) is 11.8 Å². The molecule has 8 heteroatoms. The second-order valence-electron chi connectivity index (χ2n) is 5.61. The van der Waals surface area contributed by atoms with E-state index in [1.807, 2.05) is 29.3 Å². The predicted octanol–water partition coefficient (Wildman–Crippen LogP) is 3.34. The molecule has 0 atom stereocenters. The first-order valence-corrected chi connectivity index (χ1v) is 9.39. The van der Waals surface area contributed by atoms with E-state index < -0.39 is 0 Å². The first-order chi connectivity index (χ1) is 12.1. The van der Waals surface area contributed by atoms with E-state index in [4.69, 9.17) is 28.6 Å². The number of para-hydroxylation sites is 1. The van der Waals surface area contributed by atoms with Crippen molar-refractivity contribution in [1.29, 1.82) is 0 Å². The standard InChI is InChI=1S/C17H14ClN3O2S2/c18-13-3-1-2-11-4-5-12(19-15(11)13)10-14-16(22)21(17(24)25-14)20-6-8-23-9-7-20/h1-5,10H,6-9H2/b14-10+. The largest absolute Gasteiger partial charge is 0.379 e. The van der Waals surface area contributed by atoms with Crippen LogP contribution in [0.15, 0.2) is 35.2 Å². The third kappa shape index (κ3) is 3.30. The average Bonchev–Trinajstić information content (AvgIpc) is 2.90. The Bertz CT molecular complexity index is 897. The van der Waals surface area contributed by atoms with Crippen LogP contribution in [0.2, 0.25) is 5.02 Å².